The molecule has 4 N–H and O–H groups in total. The van der Waals surface area contributed by atoms with Gasteiger partial charge in [-0.2, -0.15) is 0 Å². The summed E-state index contributed by atoms with van der Waals surface area (Å²) in [5.41, 5.74) is 3.67. The van der Waals surface area contributed by atoms with Gasteiger partial charge in [0.1, 0.15) is 0 Å². The molecule has 0 saturated carbocycles. The van der Waals surface area contributed by atoms with Gasteiger partial charge in [0.15, 0.2) is 10.2 Å². The van der Waals surface area contributed by atoms with E-state index in [2.05, 4.69) is 21.4 Å². The van der Waals surface area contributed by atoms with Crippen LogP contribution in [0.5, 0.6) is 0 Å². The Bertz CT molecular complexity index is 564. The first-order valence-electron chi connectivity index (χ1n) is 7.66. The maximum atomic E-state index is 11.9. The first-order valence-corrected chi connectivity index (χ1v) is 8.48. The molecule has 1 heterocycles. The summed E-state index contributed by atoms with van der Waals surface area (Å²) < 4.78 is 5.27. The molecule has 9 heteroatoms. The van der Waals surface area contributed by atoms with Crippen molar-refractivity contribution in [3.05, 3.63) is 35.9 Å². The Balaban J connectivity index is 1.57. The van der Waals surface area contributed by atoms with E-state index in [9.17, 15) is 4.79 Å². The van der Waals surface area contributed by atoms with Crippen LogP contribution in [0.1, 0.15) is 10.4 Å². The third kappa shape index (κ3) is 6.75. The van der Waals surface area contributed by atoms with E-state index in [0.717, 1.165) is 13.1 Å². The third-order valence-corrected chi connectivity index (χ3v) is 3.71. The second-order valence-corrected chi connectivity index (χ2v) is 5.86. The molecule has 0 unspecified atom stereocenters. The van der Waals surface area contributed by atoms with Crippen LogP contribution < -0.4 is 21.4 Å². The fraction of sp³-hybridized carbons (Fsp3) is 0.400. The van der Waals surface area contributed by atoms with Gasteiger partial charge in [0.05, 0.1) is 13.2 Å². The van der Waals surface area contributed by atoms with Crippen molar-refractivity contribution in [2.45, 2.75) is 0 Å². The maximum Gasteiger partial charge on any atom is 0.257 e. The summed E-state index contributed by atoms with van der Waals surface area (Å²) in [5.74, 6) is -0.231. The molecule has 7 nitrogen and oxygen atoms in total. The van der Waals surface area contributed by atoms with E-state index in [0.29, 0.717) is 37.0 Å². The van der Waals surface area contributed by atoms with E-state index in [1.165, 1.54) is 0 Å². The molecule has 0 spiro atoms. The zero-order valence-corrected chi connectivity index (χ0v) is 14.8. The summed E-state index contributed by atoms with van der Waals surface area (Å²) in [4.78, 5) is 11.9. The van der Waals surface area contributed by atoms with Crippen LogP contribution >= 0.6 is 24.4 Å². The molecule has 1 aliphatic heterocycles. The Labute approximate surface area is 152 Å². The van der Waals surface area contributed by atoms with Crippen LogP contribution in [0.2, 0.25) is 0 Å². The number of thiocarbonyl (C=S) groups is 2. The number of hydrogen-bond acceptors (Lipinski definition) is 5. The largest absolute Gasteiger partial charge is 0.379 e. The molecule has 1 aromatic carbocycles. The van der Waals surface area contributed by atoms with Crippen LogP contribution in [-0.4, -0.2) is 60.5 Å². The molecule has 1 aliphatic rings. The predicted octanol–water partition coefficient (Wildman–Crippen LogP) is 0.00220. The highest BCUT2D eigenvalue weighted by Crippen LogP contribution is 1.97. The summed E-state index contributed by atoms with van der Waals surface area (Å²) in [6.07, 6.45) is 0. The summed E-state index contributed by atoms with van der Waals surface area (Å²) >= 11 is 10.3. The Morgan fingerprint density at radius 3 is 2.33 bits per heavy atom. The van der Waals surface area contributed by atoms with Gasteiger partial charge in [-0.1, -0.05) is 18.2 Å². The van der Waals surface area contributed by atoms with Crippen LogP contribution in [0.15, 0.2) is 30.3 Å². The maximum absolute atomic E-state index is 11.9. The Morgan fingerprint density at radius 2 is 1.67 bits per heavy atom. The van der Waals surface area contributed by atoms with Crippen LogP contribution in [-0.2, 0) is 4.74 Å². The normalized spacial score (nSPS) is 14.5. The van der Waals surface area contributed by atoms with Gasteiger partial charge in [-0.15, -0.1) is 0 Å². The standard InChI is InChI=1S/C15H21N5O2S2/c21-13(12-4-2-1-3-5-12)18-14(23)16-6-7-17-15(24)19-20-8-10-22-11-9-20/h1-5H,6-11H2,(H2,17,19,24)(H2,16,18,21,23). The van der Waals surface area contributed by atoms with Crippen molar-refractivity contribution in [2.24, 2.45) is 0 Å². The van der Waals surface area contributed by atoms with Crippen LogP contribution in [0.4, 0.5) is 0 Å². The molecule has 0 aromatic heterocycles. The van der Waals surface area contributed by atoms with Gasteiger partial charge < -0.3 is 15.4 Å². The number of nitrogens with zero attached hydrogens (tertiary/aromatic N) is 1. The summed E-state index contributed by atoms with van der Waals surface area (Å²) in [5, 5.41) is 11.5. The lowest BCUT2D eigenvalue weighted by Crippen LogP contribution is -2.52. The first-order chi connectivity index (χ1) is 11.6. The minimum atomic E-state index is -0.231. The zero-order chi connectivity index (χ0) is 17.2. The molecule has 0 atom stereocenters. The van der Waals surface area contributed by atoms with E-state index in [4.69, 9.17) is 29.2 Å². The van der Waals surface area contributed by atoms with Gasteiger partial charge in [-0.25, -0.2) is 5.01 Å². The number of nitrogens with one attached hydrogen (secondary N) is 4. The smallest absolute Gasteiger partial charge is 0.257 e. The highest BCUT2D eigenvalue weighted by Gasteiger charge is 2.10. The Morgan fingerprint density at radius 1 is 1.04 bits per heavy atom. The van der Waals surface area contributed by atoms with Gasteiger partial charge in [0.2, 0.25) is 0 Å². The van der Waals surface area contributed by atoms with E-state index in [1.807, 2.05) is 11.1 Å². The van der Waals surface area contributed by atoms with Gasteiger partial charge in [-0.3, -0.25) is 15.5 Å². The van der Waals surface area contributed by atoms with Crippen LogP contribution in [0, 0.1) is 0 Å². The van der Waals surface area contributed by atoms with Crippen molar-refractivity contribution in [1.29, 1.82) is 0 Å². The van der Waals surface area contributed by atoms with Crippen molar-refractivity contribution < 1.29 is 9.53 Å². The van der Waals surface area contributed by atoms with E-state index in [1.54, 1.807) is 24.3 Å². The molecule has 2 rings (SSSR count). The van der Waals surface area contributed by atoms with Crippen molar-refractivity contribution in [3.63, 3.8) is 0 Å². The van der Waals surface area contributed by atoms with Gasteiger partial charge >= 0.3 is 0 Å². The quantitative estimate of drug-likeness (QED) is 0.428. The van der Waals surface area contributed by atoms with Crippen molar-refractivity contribution >= 4 is 40.6 Å². The van der Waals surface area contributed by atoms with Crippen molar-refractivity contribution in [3.8, 4) is 0 Å². The van der Waals surface area contributed by atoms with Crippen molar-refractivity contribution in [1.82, 2.24) is 26.4 Å². The fourth-order valence-electron chi connectivity index (χ4n) is 2.02. The SMILES string of the molecule is O=C(NC(=S)NCCNC(=S)NN1CCOCC1)c1ccccc1. The first kappa shape index (κ1) is 18.5. The number of hydrazine groups is 1. The molecular weight excluding hydrogens is 346 g/mol. The zero-order valence-electron chi connectivity index (χ0n) is 13.2. The van der Waals surface area contributed by atoms with Gasteiger partial charge in [-0.05, 0) is 36.6 Å². The lowest BCUT2D eigenvalue weighted by atomic mass is 10.2. The monoisotopic (exact) mass is 367 g/mol. The molecule has 0 radical (unpaired) electrons. The van der Waals surface area contributed by atoms with Gasteiger partial charge in [0.25, 0.3) is 5.91 Å². The average molecular weight is 368 g/mol. The number of carbonyl (C=O) groups excluding carboxylic acids is 1. The topological polar surface area (TPSA) is 77.7 Å². The van der Waals surface area contributed by atoms with E-state index < -0.39 is 0 Å². The van der Waals surface area contributed by atoms with Crippen LogP contribution in [0.3, 0.4) is 0 Å². The lowest BCUT2D eigenvalue weighted by molar-refractivity contribution is 0.0247. The second-order valence-electron chi connectivity index (χ2n) is 5.04. The second kappa shape index (κ2) is 10.1. The summed E-state index contributed by atoms with van der Waals surface area (Å²) in [6, 6.07) is 8.92. The Kier molecular flexibility index (Phi) is 7.83. The number of benzene rings is 1. The highest BCUT2D eigenvalue weighted by molar-refractivity contribution is 7.80. The van der Waals surface area contributed by atoms with E-state index >= 15 is 0 Å². The summed E-state index contributed by atoms with van der Waals surface area (Å²) in [7, 11) is 0. The third-order valence-electron chi connectivity index (χ3n) is 3.23. The van der Waals surface area contributed by atoms with Gasteiger partial charge in [0, 0.05) is 31.7 Å². The molecule has 1 saturated heterocycles. The number of rotatable bonds is 5. The molecule has 1 fully saturated rings. The molecule has 1 amide bonds. The lowest BCUT2D eigenvalue weighted by Gasteiger charge is -2.28. The molecule has 0 bridgehead atoms. The molecule has 0 aliphatic carbocycles. The Hall–Kier alpha value is -1.81. The minimum absolute atomic E-state index is 0.231. The van der Waals surface area contributed by atoms with E-state index in [-0.39, 0.29) is 11.0 Å². The predicted molar refractivity (Wildman–Crippen MR) is 101 cm³/mol. The average Bonchev–Trinajstić information content (AvgIpc) is 2.60. The number of carbonyl (C=O) groups is 1. The fourth-order valence-corrected chi connectivity index (χ4v) is 2.45. The summed E-state index contributed by atoms with van der Waals surface area (Å²) in [6.45, 7) is 4.13. The number of hydrogen-bond donors (Lipinski definition) is 4. The number of morpholine rings is 1. The van der Waals surface area contributed by atoms with Crippen molar-refractivity contribution in [2.75, 3.05) is 39.4 Å². The molecular formula is C15H21N5O2S2. The number of ether oxygens (including phenoxy) is 1. The molecule has 1 aromatic rings. The van der Waals surface area contributed by atoms with Crippen LogP contribution in [0.25, 0.3) is 0 Å². The molecule has 130 valence electrons. The minimum Gasteiger partial charge on any atom is -0.379 e. The number of amides is 1. The molecule has 24 heavy (non-hydrogen) atoms. The highest BCUT2D eigenvalue weighted by atomic mass is 32.1.